The Hall–Kier alpha value is -1.04. The summed E-state index contributed by atoms with van der Waals surface area (Å²) < 4.78 is 24.1. The van der Waals surface area contributed by atoms with E-state index in [1.54, 1.807) is 12.1 Å². The van der Waals surface area contributed by atoms with Crippen LogP contribution in [0.3, 0.4) is 0 Å². The number of rotatable bonds is 3. The van der Waals surface area contributed by atoms with Gasteiger partial charge in [-0.2, -0.15) is 0 Å². The van der Waals surface area contributed by atoms with E-state index in [1.807, 2.05) is 0 Å². The van der Waals surface area contributed by atoms with Crippen LogP contribution in [0.1, 0.15) is 11.6 Å². The van der Waals surface area contributed by atoms with Gasteiger partial charge in [-0.1, -0.05) is 11.6 Å². The van der Waals surface area contributed by atoms with Crippen LogP contribution < -0.4 is 14.8 Å². The molecule has 1 N–H and O–H groups in total. The monoisotopic (exact) mass is 286 g/mol. The van der Waals surface area contributed by atoms with E-state index in [1.165, 1.54) is 0 Å². The summed E-state index contributed by atoms with van der Waals surface area (Å²) in [6.45, 7) is 3.12. The summed E-state index contributed by atoms with van der Waals surface area (Å²) in [7, 11) is 0. The van der Waals surface area contributed by atoms with Crippen LogP contribution in [0.15, 0.2) is 12.1 Å². The molecule has 0 aromatic heterocycles. The van der Waals surface area contributed by atoms with Crippen molar-refractivity contribution in [3.8, 4) is 11.5 Å². The van der Waals surface area contributed by atoms with Gasteiger partial charge in [-0.05, 0) is 11.6 Å². The van der Waals surface area contributed by atoms with Crippen LogP contribution in [0.2, 0.25) is 5.02 Å². The molecule has 1 aromatic carbocycles. The molecule has 0 spiro atoms. The second-order valence-corrected chi connectivity index (χ2v) is 5.09. The zero-order valence-corrected chi connectivity index (χ0v) is 11.3. The summed E-state index contributed by atoms with van der Waals surface area (Å²) in [4.78, 5) is 2.11. The first-order valence-electron chi connectivity index (χ1n) is 6.39. The van der Waals surface area contributed by atoms with Crippen LogP contribution in [0, 0.1) is 0 Å². The number of hydrogen-bond acceptors (Lipinski definition) is 4. The van der Waals surface area contributed by atoms with Gasteiger partial charge in [-0.3, -0.25) is 4.90 Å². The average molecular weight is 287 g/mol. The summed E-state index contributed by atoms with van der Waals surface area (Å²) in [5.74, 6) is 1.28. The largest absolute Gasteiger partial charge is 0.454 e. The number of hydrogen-bond donors (Lipinski definition) is 1. The van der Waals surface area contributed by atoms with Crippen LogP contribution in [0.5, 0.6) is 11.5 Å². The molecule has 1 saturated heterocycles. The minimum atomic E-state index is -0.459. The molecule has 104 valence electrons. The zero-order valence-electron chi connectivity index (χ0n) is 10.5. The first-order chi connectivity index (χ1) is 9.29. The molecule has 0 aliphatic carbocycles. The Morgan fingerprint density at radius 3 is 2.63 bits per heavy atom. The van der Waals surface area contributed by atoms with Crippen LogP contribution in [0.25, 0.3) is 0 Å². The molecular weight excluding hydrogens is 271 g/mol. The summed E-state index contributed by atoms with van der Waals surface area (Å²) in [6.07, 6.45) is 0. The van der Waals surface area contributed by atoms with E-state index in [2.05, 4.69) is 10.2 Å². The Morgan fingerprint density at radius 2 is 1.95 bits per heavy atom. The van der Waals surface area contributed by atoms with Gasteiger partial charge in [0, 0.05) is 37.3 Å². The molecule has 2 aliphatic heterocycles. The second-order valence-electron chi connectivity index (χ2n) is 4.68. The highest BCUT2D eigenvalue weighted by Gasteiger charge is 2.26. The number of fused-ring (bicyclic) bond motifs is 1. The minimum Gasteiger partial charge on any atom is -0.454 e. The predicted molar refractivity (Wildman–Crippen MR) is 70.7 cm³/mol. The molecule has 0 radical (unpaired) electrons. The molecule has 2 aliphatic rings. The lowest BCUT2D eigenvalue weighted by atomic mass is 10.0. The number of piperazine rings is 1. The predicted octanol–water partition coefficient (Wildman–Crippen LogP) is 1.98. The van der Waals surface area contributed by atoms with Gasteiger partial charge in [0.2, 0.25) is 6.79 Å². The first kappa shape index (κ1) is 13.0. The zero-order chi connectivity index (χ0) is 13.2. The SMILES string of the molecule is FC[C@H](c1cc2c(cc1Cl)OCO2)N1CCNCC1. The third kappa shape index (κ3) is 2.50. The maximum atomic E-state index is 13.5. The summed E-state index contributed by atoms with van der Waals surface area (Å²) in [5, 5.41) is 3.79. The van der Waals surface area contributed by atoms with Gasteiger partial charge in [-0.25, -0.2) is 4.39 Å². The molecular formula is C13H16ClFN2O2. The van der Waals surface area contributed by atoms with E-state index in [0.717, 1.165) is 31.7 Å². The number of halogens is 2. The minimum absolute atomic E-state index is 0.197. The van der Waals surface area contributed by atoms with E-state index >= 15 is 0 Å². The van der Waals surface area contributed by atoms with Crippen LogP contribution >= 0.6 is 11.6 Å². The first-order valence-corrected chi connectivity index (χ1v) is 6.77. The van der Waals surface area contributed by atoms with E-state index < -0.39 is 6.67 Å². The Bertz CT molecular complexity index is 466. The Kier molecular flexibility index (Phi) is 3.77. The fourth-order valence-corrected chi connectivity index (χ4v) is 2.84. The van der Waals surface area contributed by atoms with E-state index in [0.29, 0.717) is 16.5 Å². The second kappa shape index (κ2) is 5.53. The summed E-state index contributed by atoms with van der Waals surface area (Å²) in [5.41, 5.74) is 0.773. The van der Waals surface area contributed by atoms with Crippen LogP contribution in [-0.2, 0) is 0 Å². The van der Waals surface area contributed by atoms with Crippen LogP contribution in [-0.4, -0.2) is 44.5 Å². The molecule has 1 aromatic rings. The van der Waals surface area contributed by atoms with E-state index in [4.69, 9.17) is 21.1 Å². The van der Waals surface area contributed by atoms with Gasteiger partial charge in [-0.15, -0.1) is 0 Å². The normalized spacial score (nSPS) is 20.5. The Balaban J connectivity index is 1.90. The quantitative estimate of drug-likeness (QED) is 0.921. The van der Waals surface area contributed by atoms with Crippen molar-refractivity contribution in [2.75, 3.05) is 39.6 Å². The highest BCUT2D eigenvalue weighted by atomic mass is 35.5. The molecule has 4 nitrogen and oxygen atoms in total. The van der Waals surface area contributed by atoms with Gasteiger partial charge in [0.15, 0.2) is 11.5 Å². The molecule has 0 saturated carbocycles. The fourth-order valence-electron chi connectivity index (χ4n) is 2.56. The number of benzene rings is 1. The van der Waals surface area contributed by atoms with Crippen molar-refractivity contribution in [3.05, 3.63) is 22.7 Å². The third-order valence-electron chi connectivity index (χ3n) is 3.59. The number of ether oxygens (including phenoxy) is 2. The lowest BCUT2D eigenvalue weighted by molar-refractivity contribution is 0.147. The van der Waals surface area contributed by atoms with Crippen molar-refractivity contribution in [3.63, 3.8) is 0 Å². The highest BCUT2D eigenvalue weighted by molar-refractivity contribution is 6.31. The molecule has 6 heteroatoms. The Morgan fingerprint density at radius 1 is 1.26 bits per heavy atom. The maximum Gasteiger partial charge on any atom is 0.231 e. The highest BCUT2D eigenvalue weighted by Crippen LogP contribution is 2.40. The van der Waals surface area contributed by atoms with Gasteiger partial charge in [0.1, 0.15) is 6.67 Å². The third-order valence-corrected chi connectivity index (χ3v) is 3.92. The van der Waals surface area contributed by atoms with Gasteiger partial charge in [0.25, 0.3) is 0 Å². The standard InChI is InChI=1S/C13H16ClFN2O2/c14-10-6-13-12(18-8-19-13)5-9(10)11(7-15)17-3-1-16-2-4-17/h5-6,11,16H,1-4,7-8H2/t11-/m1/s1. The van der Waals surface area contributed by atoms with Crippen molar-refractivity contribution in [1.29, 1.82) is 0 Å². The van der Waals surface area contributed by atoms with Crippen LogP contribution in [0.4, 0.5) is 4.39 Å². The Labute approximate surface area is 116 Å². The fraction of sp³-hybridized carbons (Fsp3) is 0.538. The summed E-state index contributed by atoms with van der Waals surface area (Å²) in [6, 6.07) is 3.20. The molecule has 0 unspecified atom stereocenters. The van der Waals surface area contributed by atoms with Gasteiger partial charge < -0.3 is 14.8 Å². The number of nitrogens with zero attached hydrogens (tertiary/aromatic N) is 1. The molecule has 1 atom stereocenters. The molecule has 2 heterocycles. The number of nitrogens with one attached hydrogen (secondary N) is 1. The molecule has 0 bridgehead atoms. The van der Waals surface area contributed by atoms with Crippen molar-refractivity contribution >= 4 is 11.6 Å². The smallest absolute Gasteiger partial charge is 0.231 e. The lowest BCUT2D eigenvalue weighted by Crippen LogP contribution is -2.45. The molecule has 19 heavy (non-hydrogen) atoms. The maximum absolute atomic E-state index is 13.5. The van der Waals surface area contributed by atoms with Crippen molar-refractivity contribution in [2.45, 2.75) is 6.04 Å². The van der Waals surface area contributed by atoms with Crippen molar-refractivity contribution in [1.82, 2.24) is 10.2 Å². The van der Waals surface area contributed by atoms with Gasteiger partial charge in [0.05, 0.1) is 6.04 Å². The molecule has 3 rings (SSSR count). The van der Waals surface area contributed by atoms with E-state index in [9.17, 15) is 4.39 Å². The van der Waals surface area contributed by atoms with Crippen molar-refractivity contribution in [2.24, 2.45) is 0 Å². The topological polar surface area (TPSA) is 33.7 Å². The van der Waals surface area contributed by atoms with Gasteiger partial charge >= 0.3 is 0 Å². The average Bonchev–Trinajstić information content (AvgIpc) is 2.88. The lowest BCUT2D eigenvalue weighted by Gasteiger charge is -2.34. The van der Waals surface area contributed by atoms with E-state index in [-0.39, 0.29) is 12.8 Å². The molecule has 1 fully saturated rings. The molecule has 0 amide bonds. The van der Waals surface area contributed by atoms with Crippen molar-refractivity contribution < 1.29 is 13.9 Å². The summed E-state index contributed by atoms with van der Waals surface area (Å²) >= 11 is 6.26. The number of alkyl halides is 1.